The Morgan fingerprint density at radius 2 is 1.76 bits per heavy atom. The minimum Gasteiger partial charge on any atom is -0.493 e. The normalized spacial score (nSPS) is 16.4. The van der Waals surface area contributed by atoms with Crippen molar-refractivity contribution >= 4 is 15.9 Å². The zero-order valence-corrected chi connectivity index (χ0v) is 16.2. The van der Waals surface area contributed by atoms with E-state index in [2.05, 4.69) is 15.9 Å². The molecule has 1 aliphatic rings. The molecule has 1 saturated carbocycles. The molecule has 0 amide bonds. The summed E-state index contributed by atoms with van der Waals surface area (Å²) in [5.74, 6) is 1.43. The van der Waals surface area contributed by atoms with Gasteiger partial charge in [-0.3, -0.25) is 0 Å². The van der Waals surface area contributed by atoms with E-state index >= 15 is 0 Å². The second-order valence-corrected chi connectivity index (χ2v) is 7.61. The fraction of sp³-hybridized carbons (Fsp3) is 0.429. The van der Waals surface area contributed by atoms with Crippen molar-refractivity contribution in [3.63, 3.8) is 0 Å². The van der Waals surface area contributed by atoms with Crippen molar-refractivity contribution in [2.45, 2.75) is 44.1 Å². The quantitative estimate of drug-likeness (QED) is 0.715. The molecule has 0 aromatic heterocycles. The van der Waals surface area contributed by atoms with Crippen molar-refractivity contribution in [3.05, 3.63) is 58.1 Å². The number of halogens is 1. The predicted molar refractivity (Wildman–Crippen MR) is 103 cm³/mol. The van der Waals surface area contributed by atoms with Gasteiger partial charge in [0.1, 0.15) is 6.61 Å². The van der Waals surface area contributed by atoms with Gasteiger partial charge < -0.3 is 14.6 Å². The Morgan fingerprint density at radius 1 is 1.04 bits per heavy atom. The maximum Gasteiger partial charge on any atom is 0.162 e. The zero-order chi connectivity index (χ0) is 17.7. The van der Waals surface area contributed by atoms with Gasteiger partial charge >= 0.3 is 0 Å². The van der Waals surface area contributed by atoms with Crippen LogP contribution >= 0.6 is 15.9 Å². The summed E-state index contributed by atoms with van der Waals surface area (Å²) in [5, 5.41) is 10.2. The third kappa shape index (κ3) is 4.01. The largest absolute Gasteiger partial charge is 0.493 e. The van der Waals surface area contributed by atoms with Crippen LogP contribution < -0.4 is 9.47 Å². The van der Waals surface area contributed by atoms with E-state index in [4.69, 9.17) is 9.47 Å². The lowest BCUT2D eigenvalue weighted by atomic mass is 9.70. The van der Waals surface area contributed by atoms with Gasteiger partial charge in [-0.2, -0.15) is 0 Å². The Kier molecular flexibility index (Phi) is 6.02. The number of ether oxygens (including phenoxy) is 2. The number of hydrogen-bond donors (Lipinski definition) is 1. The van der Waals surface area contributed by atoms with Crippen LogP contribution in [0.1, 0.15) is 43.2 Å². The Labute approximate surface area is 158 Å². The molecular formula is C21H25BrO3. The molecule has 2 aromatic rings. The molecule has 25 heavy (non-hydrogen) atoms. The van der Waals surface area contributed by atoms with Crippen molar-refractivity contribution in [2.24, 2.45) is 0 Å². The second kappa shape index (κ2) is 8.24. The molecular weight excluding hydrogens is 380 g/mol. The van der Waals surface area contributed by atoms with Crippen LogP contribution in [0.2, 0.25) is 0 Å². The van der Waals surface area contributed by atoms with Crippen LogP contribution in [-0.2, 0) is 12.0 Å². The molecule has 0 radical (unpaired) electrons. The van der Waals surface area contributed by atoms with Gasteiger partial charge in [0.25, 0.3) is 0 Å². The number of methoxy groups -OCH3 is 1. The first-order valence-corrected chi connectivity index (χ1v) is 9.63. The van der Waals surface area contributed by atoms with E-state index in [1.54, 1.807) is 7.11 Å². The predicted octanol–water partition coefficient (Wildman–Crippen LogP) is 5.23. The van der Waals surface area contributed by atoms with E-state index in [-0.39, 0.29) is 12.0 Å². The highest BCUT2D eigenvalue weighted by molar-refractivity contribution is 9.10. The van der Waals surface area contributed by atoms with Crippen molar-refractivity contribution in [1.82, 2.24) is 0 Å². The summed E-state index contributed by atoms with van der Waals surface area (Å²) in [4.78, 5) is 0. The molecule has 0 heterocycles. The molecule has 3 rings (SSSR count). The average molecular weight is 405 g/mol. The fourth-order valence-electron chi connectivity index (χ4n) is 3.69. The molecule has 1 aliphatic carbocycles. The Hall–Kier alpha value is -1.52. The summed E-state index contributed by atoms with van der Waals surface area (Å²) in [6, 6.07) is 14.1. The van der Waals surface area contributed by atoms with Crippen molar-refractivity contribution < 1.29 is 14.6 Å². The van der Waals surface area contributed by atoms with Crippen LogP contribution in [0.25, 0.3) is 0 Å². The van der Waals surface area contributed by atoms with Crippen molar-refractivity contribution in [2.75, 3.05) is 13.7 Å². The van der Waals surface area contributed by atoms with Crippen LogP contribution in [0.3, 0.4) is 0 Å². The number of rotatable bonds is 6. The summed E-state index contributed by atoms with van der Waals surface area (Å²) in [6.45, 7) is 0.653. The lowest BCUT2D eigenvalue weighted by molar-refractivity contribution is 0.150. The van der Waals surface area contributed by atoms with E-state index in [0.717, 1.165) is 47.0 Å². The number of benzene rings is 2. The summed E-state index contributed by atoms with van der Waals surface area (Å²) in [7, 11) is 1.65. The monoisotopic (exact) mass is 404 g/mol. The first-order chi connectivity index (χ1) is 12.2. The molecule has 134 valence electrons. The van der Waals surface area contributed by atoms with Gasteiger partial charge in [0.2, 0.25) is 0 Å². The van der Waals surface area contributed by atoms with E-state index < -0.39 is 0 Å². The molecule has 4 heteroatoms. The molecule has 2 aromatic carbocycles. The first kappa shape index (κ1) is 18.3. The summed E-state index contributed by atoms with van der Waals surface area (Å²) >= 11 is 3.68. The zero-order valence-electron chi connectivity index (χ0n) is 14.6. The molecule has 0 spiro atoms. The minimum absolute atomic E-state index is 0.163. The summed E-state index contributed by atoms with van der Waals surface area (Å²) < 4.78 is 12.5. The van der Waals surface area contributed by atoms with E-state index in [1.807, 2.05) is 42.5 Å². The lowest BCUT2D eigenvalue weighted by Gasteiger charge is -2.37. The molecule has 1 N–H and O–H groups in total. The smallest absolute Gasteiger partial charge is 0.162 e. The van der Waals surface area contributed by atoms with Gasteiger partial charge in [0, 0.05) is 9.89 Å². The Morgan fingerprint density at radius 3 is 2.40 bits per heavy atom. The SMILES string of the molecule is COc1cc(Br)c(C2(CO)CCCCC2)cc1OCc1ccccc1. The molecule has 0 saturated heterocycles. The van der Waals surface area contributed by atoms with E-state index in [0.29, 0.717) is 12.4 Å². The average Bonchev–Trinajstić information content (AvgIpc) is 2.68. The lowest BCUT2D eigenvalue weighted by Crippen LogP contribution is -2.33. The number of hydrogen-bond acceptors (Lipinski definition) is 3. The molecule has 0 atom stereocenters. The summed E-state index contributed by atoms with van der Waals surface area (Å²) in [6.07, 6.45) is 5.56. The highest BCUT2D eigenvalue weighted by Gasteiger charge is 2.35. The standard InChI is InChI=1S/C21H25BrO3/c1-24-19-13-18(22)17(21(15-23)10-6-3-7-11-21)12-20(19)25-14-16-8-4-2-5-9-16/h2,4-5,8-9,12-13,23H,3,6-7,10-11,14-15H2,1H3. The maximum absolute atomic E-state index is 10.2. The molecule has 0 bridgehead atoms. The van der Waals surface area contributed by atoms with Crippen LogP contribution in [0.15, 0.2) is 46.9 Å². The molecule has 3 nitrogen and oxygen atoms in total. The van der Waals surface area contributed by atoms with Crippen LogP contribution in [-0.4, -0.2) is 18.8 Å². The fourth-order valence-corrected chi connectivity index (χ4v) is 4.43. The Bertz CT molecular complexity index is 694. The third-order valence-corrected chi connectivity index (χ3v) is 5.83. The van der Waals surface area contributed by atoms with Crippen LogP contribution in [0.4, 0.5) is 0 Å². The van der Waals surface area contributed by atoms with E-state index in [1.165, 1.54) is 6.42 Å². The van der Waals surface area contributed by atoms with Crippen LogP contribution in [0.5, 0.6) is 11.5 Å². The highest BCUT2D eigenvalue weighted by atomic mass is 79.9. The second-order valence-electron chi connectivity index (χ2n) is 6.76. The first-order valence-electron chi connectivity index (χ1n) is 8.84. The van der Waals surface area contributed by atoms with Crippen LogP contribution in [0, 0.1) is 0 Å². The Balaban J connectivity index is 1.91. The van der Waals surface area contributed by atoms with Gasteiger partial charge in [-0.05, 0) is 36.1 Å². The van der Waals surface area contributed by atoms with Gasteiger partial charge in [-0.25, -0.2) is 0 Å². The molecule has 1 fully saturated rings. The number of aliphatic hydroxyl groups excluding tert-OH is 1. The minimum atomic E-state index is -0.186. The van der Waals surface area contributed by atoms with Gasteiger partial charge in [0.05, 0.1) is 13.7 Å². The third-order valence-electron chi connectivity index (χ3n) is 5.18. The molecule has 0 unspecified atom stereocenters. The highest BCUT2D eigenvalue weighted by Crippen LogP contribution is 2.45. The summed E-state index contributed by atoms with van der Waals surface area (Å²) in [5.41, 5.74) is 2.05. The van der Waals surface area contributed by atoms with Crippen molar-refractivity contribution in [1.29, 1.82) is 0 Å². The van der Waals surface area contributed by atoms with Gasteiger partial charge in [0.15, 0.2) is 11.5 Å². The molecule has 0 aliphatic heterocycles. The topological polar surface area (TPSA) is 38.7 Å². The van der Waals surface area contributed by atoms with Gasteiger partial charge in [-0.1, -0.05) is 65.5 Å². The van der Waals surface area contributed by atoms with Crippen molar-refractivity contribution in [3.8, 4) is 11.5 Å². The number of aliphatic hydroxyl groups is 1. The van der Waals surface area contributed by atoms with E-state index in [9.17, 15) is 5.11 Å². The van der Waals surface area contributed by atoms with Gasteiger partial charge in [-0.15, -0.1) is 0 Å². The maximum atomic E-state index is 10.2.